The fourth-order valence-corrected chi connectivity index (χ4v) is 2.69. The van der Waals surface area contributed by atoms with E-state index in [1.165, 1.54) is 0 Å². The van der Waals surface area contributed by atoms with Crippen molar-refractivity contribution in [3.05, 3.63) is 77.6 Å². The van der Waals surface area contributed by atoms with Crippen LogP contribution in [0.25, 0.3) is 22.3 Å². The van der Waals surface area contributed by atoms with Crippen LogP contribution in [0.5, 0.6) is 0 Å². The molecule has 3 nitrogen and oxygen atoms in total. The monoisotopic (exact) mass is 435 g/mol. The van der Waals surface area contributed by atoms with Crippen LogP contribution < -0.4 is 74.0 Å². The maximum absolute atomic E-state index is 11.3. The molecule has 4 heteroatoms. The minimum Gasteiger partial charge on any atom is -0.545 e. The average Bonchev–Trinajstić information content (AvgIpc) is 2.56. The smallest absolute Gasteiger partial charge is 0.545 e. The summed E-state index contributed by atoms with van der Waals surface area (Å²) in [5.41, 5.74) is 6.03. The Labute approximate surface area is 200 Å². The molecule has 1 heterocycles. The summed E-state index contributed by atoms with van der Waals surface area (Å²) < 4.78 is 0. The van der Waals surface area contributed by atoms with Crippen LogP contribution in [0.4, 0.5) is 0 Å². The van der Waals surface area contributed by atoms with Crippen molar-refractivity contribution >= 4 is 5.97 Å². The Balaban J connectivity index is 0.00000208. The van der Waals surface area contributed by atoms with Gasteiger partial charge in [0.2, 0.25) is 0 Å². The van der Waals surface area contributed by atoms with E-state index in [0.29, 0.717) is 5.56 Å². The van der Waals surface area contributed by atoms with E-state index in [9.17, 15) is 9.90 Å². The number of carbonyl (C=O) groups excluding carboxylic acids is 1. The van der Waals surface area contributed by atoms with Gasteiger partial charge in [0.15, 0.2) is 0 Å². The number of hydrogen-bond donors (Lipinski definition) is 0. The van der Waals surface area contributed by atoms with E-state index in [0.717, 1.165) is 27.8 Å². The molecule has 0 aliphatic carbocycles. The second-order valence-corrected chi connectivity index (χ2v) is 5.60. The molecule has 0 N–H and O–H groups in total. The van der Waals surface area contributed by atoms with Crippen molar-refractivity contribution in [2.45, 2.75) is 13.8 Å². The first-order chi connectivity index (χ1) is 11.1. The largest absolute Gasteiger partial charge is 1.00 e. The molecule has 24 heavy (non-hydrogen) atoms. The molecular weight excluding hydrogens is 419 g/mol. The Hall–Kier alpha value is -0.888. The van der Waals surface area contributed by atoms with Crippen LogP contribution in [0, 0.1) is 13.8 Å². The molecule has 0 aliphatic heterocycles. The van der Waals surface area contributed by atoms with Crippen LogP contribution >= 0.6 is 0 Å². The zero-order valence-electron chi connectivity index (χ0n) is 14.0. The van der Waals surface area contributed by atoms with E-state index in [1.54, 1.807) is 25.4 Å². The predicted octanol–water partition coefficient (Wildman–Crippen LogP) is 0.400. The second kappa shape index (κ2) is 8.47. The zero-order valence-corrected chi connectivity index (χ0v) is 20.3. The van der Waals surface area contributed by atoms with Crippen molar-refractivity contribution in [2.75, 3.05) is 0 Å². The molecule has 3 rings (SSSR count). The van der Waals surface area contributed by atoms with Crippen molar-refractivity contribution in [3.63, 3.8) is 0 Å². The third kappa shape index (κ3) is 4.20. The first kappa shape index (κ1) is 19.4. The summed E-state index contributed by atoms with van der Waals surface area (Å²) in [6, 6.07) is 15.5. The summed E-state index contributed by atoms with van der Waals surface area (Å²) in [5, 5.41) is 11.3. The summed E-state index contributed by atoms with van der Waals surface area (Å²) in [7, 11) is 0. The van der Waals surface area contributed by atoms with E-state index >= 15 is 0 Å². The van der Waals surface area contributed by atoms with Gasteiger partial charge in [-0.1, -0.05) is 35.9 Å². The molecule has 0 aliphatic rings. The molecule has 0 saturated heterocycles. The number of aromatic nitrogens is 1. The maximum Gasteiger partial charge on any atom is 1.00 e. The number of hydrogen-bond acceptors (Lipinski definition) is 3. The van der Waals surface area contributed by atoms with Gasteiger partial charge in [0.05, 0.1) is 5.97 Å². The van der Waals surface area contributed by atoms with Crippen LogP contribution in [-0.4, -0.2) is 11.0 Å². The summed E-state index contributed by atoms with van der Waals surface area (Å²) in [4.78, 5) is 15.4. The molecule has 0 bridgehead atoms. The first-order valence-electron chi connectivity index (χ1n) is 7.39. The van der Waals surface area contributed by atoms with Gasteiger partial charge >= 0.3 is 68.9 Å². The van der Waals surface area contributed by atoms with Crippen LogP contribution in [-0.2, 0) is 0 Å². The van der Waals surface area contributed by atoms with Gasteiger partial charge < -0.3 is 9.90 Å². The van der Waals surface area contributed by atoms with E-state index in [4.69, 9.17) is 0 Å². The van der Waals surface area contributed by atoms with Crippen molar-refractivity contribution in [1.82, 2.24) is 4.98 Å². The number of carbonyl (C=O) groups is 1. The SMILES string of the molecule is Cc1ccc(-c2ccc(C)c(C(=O)[O-])c2)c(-c2ccncc2)c1.[Cs+]. The van der Waals surface area contributed by atoms with Gasteiger partial charge in [0.25, 0.3) is 0 Å². The van der Waals surface area contributed by atoms with Crippen LogP contribution in [0.1, 0.15) is 21.5 Å². The van der Waals surface area contributed by atoms with Gasteiger partial charge in [-0.25, -0.2) is 0 Å². The summed E-state index contributed by atoms with van der Waals surface area (Å²) in [5.74, 6) is -1.15. The Morgan fingerprint density at radius 2 is 1.58 bits per heavy atom. The minimum atomic E-state index is -1.15. The Kier molecular flexibility index (Phi) is 6.86. The third-order valence-electron chi connectivity index (χ3n) is 3.93. The molecular formula is C20H16CsNO2. The van der Waals surface area contributed by atoms with Crippen LogP contribution in [0.15, 0.2) is 60.9 Å². The Bertz CT molecular complexity index is 876. The van der Waals surface area contributed by atoms with Crippen LogP contribution in [0.3, 0.4) is 0 Å². The third-order valence-corrected chi connectivity index (χ3v) is 3.93. The molecule has 0 unspecified atom stereocenters. The van der Waals surface area contributed by atoms with E-state index in [2.05, 4.69) is 11.1 Å². The molecule has 0 fully saturated rings. The fraction of sp³-hybridized carbons (Fsp3) is 0.100. The predicted molar refractivity (Wildman–Crippen MR) is 88.9 cm³/mol. The molecule has 2 aromatic carbocycles. The van der Waals surface area contributed by atoms with E-state index < -0.39 is 5.97 Å². The number of benzene rings is 2. The van der Waals surface area contributed by atoms with Gasteiger partial charge in [0.1, 0.15) is 0 Å². The maximum atomic E-state index is 11.3. The van der Waals surface area contributed by atoms with Crippen molar-refractivity contribution in [2.24, 2.45) is 0 Å². The summed E-state index contributed by atoms with van der Waals surface area (Å²) in [6.45, 7) is 3.81. The van der Waals surface area contributed by atoms with Crippen molar-refractivity contribution < 1.29 is 78.8 Å². The number of carboxylic acids is 1. The molecule has 3 aromatic rings. The zero-order chi connectivity index (χ0) is 16.4. The van der Waals surface area contributed by atoms with Gasteiger partial charge in [-0.3, -0.25) is 4.98 Å². The number of nitrogens with zero attached hydrogens (tertiary/aromatic N) is 1. The van der Waals surface area contributed by atoms with Crippen molar-refractivity contribution in [1.29, 1.82) is 0 Å². The van der Waals surface area contributed by atoms with Gasteiger partial charge in [0, 0.05) is 18.0 Å². The van der Waals surface area contributed by atoms with Gasteiger partial charge in [-0.05, 0) is 59.9 Å². The first-order valence-corrected chi connectivity index (χ1v) is 7.39. The number of rotatable bonds is 3. The molecule has 0 spiro atoms. The van der Waals surface area contributed by atoms with Crippen molar-refractivity contribution in [3.8, 4) is 22.3 Å². The van der Waals surface area contributed by atoms with Gasteiger partial charge in [-0.2, -0.15) is 0 Å². The molecule has 0 amide bonds. The topological polar surface area (TPSA) is 53.0 Å². The number of carboxylic acid groups (broad SMARTS) is 1. The van der Waals surface area contributed by atoms with Gasteiger partial charge in [-0.15, -0.1) is 0 Å². The summed E-state index contributed by atoms with van der Waals surface area (Å²) >= 11 is 0. The second-order valence-electron chi connectivity index (χ2n) is 5.60. The molecule has 1 aromatic heterocycles. The fourth-order valence-electron chi connectivity index (χ4n) is 2.69. The Morgan fingerprint density at radius 3 is 2.25 bits per heavy atom. The normalized spacial score (nSPS) is 10.1. The average molecular weight is 435 g/mol. The Morgan fingerprint density at radius 1 is 0.875 bits per heavy atom. The van der Waals surface area contributed by atoms with E-state index in [-0.39, 0.29) is 74.5 Å². The molecule has 114 valence electrons. The van der Waals surface area contributed by atoms with Crippen LogP contribution in [0.2, 0.25) is 0 Å². The molecule has 0 atom stereocenters. The molecule has 0 saturated carbocycles. The molecule has 0 radical (unpaired) electrons. The number of aryl methyl sites for hydroxylation is 2. The number of pyridine rings is 1. The summed E-state index contributed by atoms with van der Waals surface area (Å²) in [6.07, 6.45) is 3.51. The standard InChI is InChI=1S/C20H17NO2.Cs/c1-13-3-6-17(19(11-13)15-7-9-21-10-8-15)16-5-4-14(2)18(12-16)20(22)23;/h3-12H,1-2H3,(H,22,23);/q;+1/p-1. The van der Waals surface area contributed by atoms with E-state index in [1.807, 2.05) is 43.3 Å². The minimum absolute atomic E-state index is 0. The number of aromatic carboxylic acids is 1. The quantitative estimate of drug-likeness (QED) is 0.599.